The van der Waals surface area contributed by atoms with Gasteiger partial charge in [-0.2, -0.15) is 4.31 Å². The van der Waals surface area contributed by atoms with Crippen molar-refractivity contribution in [1.29, 1.82) is 0 Å². The van der Waals surface area contributed by atoms with Gasteiger partial charge in [0, 0.05) is 13.1 Å². The number of aryl methyl sites for hydroxylation is 1. The molecule has 0 unspecified atom stereocenters. The Bertz CT molecular complexity index is 766. The van der Waals surface area contributed by atoms with Crippen molar-refractivity contribution in [2.45, 2.75) is 44.0 Å². The maximum absolute atomic E-state index is 12.8. The van der Waals surface area contributed by atoms with Crippen molar-refractivity contribution in [2.24, 2.45) is 0 Å². The number of sulfonamides is 1. The van der Waals surface area contributed by atoms with Crippen LogP contribution in [0, 0.1) is 0 Å². The molecule has 2 aromatic carbocycles. The summed E-state index contributed by atoms with van der Waals surface area (Å²) in [7, 11) is -3.41. The molecule has 0 aromatic heterocycles. The molecule has 4 heteroatoms. The van der Waals surface area contributed by atoms with Crippen molar-refractivity contribution in [3.63, 3.8) is 0 Å². The van der Waals surface area contributed by atoms with Crippen LogP contribution in [0.1, 0.15) is 36.5 Å². The van der Waals surface area contributed by atoms with E-state index in [1.165, 1.54) is 11.1 Å². The molecule has 0 fully saturated rings. The van der Waals surface area contributed by atoms with Gasteiger partial charge in [0.1, 0.15) is 0 Å². The summed E-state index contributed by atoms with van der Waals surface area (Å²) in [6.45, 7) is 3.18. The predicted molar refractivity (Wildman–Crippen MR) is 92.8 cm³/mol. The van der Waals surface area contributed by atoms with Crippen LogP contribution in [0.4, 0.5) is 0 Å². The van der Waals surface area contributed by atoms with Gasteiger partial charge in [-0.25, -0.2) is 8.42 Å². The zero-order valence-corrected chi connectivity index (χ0v) is 14.3. The largest absolute Gasteiger partial charge is 0.243 e. The fraction of sp³-hybridized carbons (Fsp3) is 0.368. The lowest BCUT2D eigenvalue weighted by Gasteiger charge is -2.28. The van der Waals surface area contributed by atoms with Crippen molar-refractivity contribution in [2.75, 3.05) is 6.54 Å². The molecule has 23 heavy (non-hydrogen) atoms. The quantitative estimate of drug-likeness (QED) is 0.837. The summed E-state index contributed by atoms with van der Waals surface area (Å²) in [4.78, 5) is 0.400. The summed E-state index contributed by atoms with van der Waals surface area (Å²) >= 11 is 0. The van der Waals surface area contributed by atoms with Gasteiger partial charge in [-0.3, -0.25) is 0 Å². The summed E-state index contributed by atoms with van der Waals surface area (Å²) in [5.41, 5.74) is 3.57. The molecule has 0 atom stereocenters. The molecular weight excluding hydrogens is 306 g/mol. The second-order valence-electron chi connectivity index (χ2n) is 6.10. The molecule has 1 heterocycles. The van der Waals surface area contributed by atoms with Gasteiger partial charge >= 0.3 is 0 Å². The minimum absolute atomic E-state index is 0.400. The first-order chi connectivity index (χ1) is 11.1. The van der Waals surface area contributed by atoms with Crippen molar-refractivity contribution < 1.29 is 8.42 Å². The topological polar surface area (TPSA) is 37.4 Å². The van der Waals surface area contributed by atoms with Gasteiger partial charge in [0.2, 0.25) is 10.0 Å². The lowest BCUT2D eigenvalue weighted by molar-refractivity contribution is 0.391. The van der Waals surface area contributed by atoms with Crippen LogP contribution in [0.25, 0.3) is 0 Å². The van der Waals surface area contributed by atoms with E-state index in [1.807, 2.05) is 30.3 Å². The highest BCUT2D eigenvalue weighted by molar-refractivity contribution is 7.89. The Morgan fingerprint density at radius 1 is 1.00 bits per heavy atom. The van der Waals surface area contributed by atoms with Gasteiger partial charge in [-0.1, -0.05) is 49.7 Å². The SMILES string of the molecule is CCCCc1ccc(S(=O)(=O)N2CCc3ccccc3C2)cc1. The summed E-state index contributed by atoms with van der Waals surface area (Å²) in [6.07, 6.45) is 4.07. The Morgan fingerprint density at radius 3 is 2.39 bits per heavy atom. The summed E-state index contributed by atoms with van der Waals surface area (Å²) in [5.74, 6) is 0. The number of unbranched alkanes of at least 4 members (excludes halogenated alkanes) is 1. The highest BCUT2D eigenvalue weighted by Gasteiger charge is 2.27. The minimum Gasteiger partial charge on any atom is -0.207 e. The number of hydrogen-bond donors (Lipinski definition) is 0. The molecule has 0 N–H and O–H groups in total. The summed E-state index contributed by atoms with van der Waals surface area (Å²) < 4.78 is 27.3. The molecule has 0 spiro atoms. The van der Waals surface area contributed by atoms with E-state index in [2.05, 4.69) is 13.0 Å². The van der Waals surface area contributed by atoms with Crippen molar-refractivity contribution in [3.8, 4) is 0 Å². The Kier molecular flexibility index (Phi) is 4.83. The fourth-order valence-corrected chi connectivity index (χ4v) is 4.45. The van der Waals surface area contributed by atoms with E-state index >= 15 is 0 Å². The van der Waals surface area contributed by atoms with Crippen LogP contribution in [-0.4, -0.2) is 19.3 Å². The van der Waals surface area contributed by atoms with Crippen LogP contribution >= 0.6 is 0 Å². The highest BCUT2D eigenvalue weighted by Crippen LogP contribution is 2.25. The van der Waals surface area contributed by atoms with Crippen LogP contribution < -0.4 is 0 Å². The molecule has 0 bridgehead atoms. The number of benzene rings is 2. The molecule has 2 aromatic rings. The van der Waals surface area contributed by atoms with Gasteiger partial charge in [0.05, 0.1) is 4.90 Å². The second kappa shape index (κ2) is 6.85. The van der Waals surface area contributed by atoms with Gasteiger partial charge in [-0.05, 0) is 48.1 Å². The Balaban J connectivity index is 1.79. The third-order valence-electron chi connectivity index (χ3n) is 4.48. The maximum atomic E-state index is 12.8. The van der Waals surface area contributed by atoms with Gasteiger partial charge in [0.15, 0.2) is 0 Å². The molecule has 0 aliphatic carbocycles. The lowest BCUT2D eigenvalue weighted by Crippen LogP contribution is -2.35. The number of hydrogen-bond acceptors (Lipinski definition) is 2. The van der Waals surface area contributed by atoms with E-state index in [9.17, 15) is 8.42 Å². The van der Waals surface area contributed by atoms with Gasteiger partial charge in [-0.15, -0.1) is 0 Å². The van der Waals surface area contributed by atoms with E-state index in [4.69, 9.17) is 0 Å². The smallest absolute Gasteiger partial charge is 0.207 e. The van der Waals surface area contributed by atoms with Gasteiger partial charge in [0.25, 0.3) is 0 Å². The Morgan fingerprint density at radius 2 is 1.70 bits per heavy atom. The van der Waals surface area contributed by atoms with E-state index in [1.54, 1.807) is 16.4 Å². The summed E-state index contributed by atoms with van der Waals surface area (Å²) in [6, 6.07) is 15.5. The van der Waals surface area contributed by atoms with Crippen molar-refractivity contribution in [1.82, 2.24) is 4.31 Å². The van der Waals surface area contributed by atoms with Crippen molar-refractivity contribution >= 4 is 10.0 Å². The molecule has 3 rings (SSSR count). The average Bonchev–Trinajstić information content (AvgIpc) is 2.60. The molecule has 1 aliphatic rings. The summed E-state index contributed by atoms with van der Waals surface area (Å²) in [5, 5.41) is 0. The van der Waals surface area contributed by atoms with E-state index in [-0.39, 0.29) is 0 Å². The minimum atomic E-state index is -3.41. The Hall–Kier alpha value is -1.65. The molecule has 1 aliphatic heterocycles. The van der Waals surface area contributed by atoms with E-state index < -0.39 is 10.0 Å². The third kappa shape index (κ3) is 3.48. The molecule has 0 saturated carbocycles. The zero-order valence-electron chi connectivity index (χ0n) is 13.5. The third-order valence-corrected chi connectivity index (χ3v) is 6.34. The molecule has 0 radical (unpaired) electrons. The first kappa shape index (κ1) is 16.2. The van der Waals surface area contributed by atoms with E-state index in [0.29, 0.717) is 18.0 Å². The van der Waals surface area contributed by atoms with Crippen molar-refractivity contribution in [3.05, 3.63) is 65.2 Å². The zero-order chi connectivity index (χ0) is 16.3. The monoisotopic (exact) mass is 329 g/mol. The first-order valence-corrected chi connectivity index (χ1v) is 9.71. The maximum Gasteiger partial charge on any atom is 0.243 e. The second-order valence-corrected chi connectivity index (χ2v) is 8.04. The normalized spacial score (nSPS) is 15.3. The van der Waals surface area contributed by atoms with Crippen LogP contribution in [0.15, 0.2) is 53.4 Å². The average molecular weight is 329 g/mol. The van der Waals surface area contributed by atoms with E-state index in [0.717, 1.165) is 31.2 Å². The number of rotatable bonds is 5. The Labute approximate surface area is 139 Å². The van der Waals surface area contributed by atoms with Crippen LogP contribution in [-0.2, 0) is 29.4 Å². The molecular formula is C19H23NO2S. The number of nitrogens with zero attached hydrogens (tertiary/aromatic N) is 1. The first-order valence-electron chi connectivity index (χ1n) is 8.27. The number of fused-ring (bicyclic) bond motifs is 1. The standard InChI is InChI=1S/C19H23NO2S/c1-2-3-6-16-9-11-19(12-10-16)23(21,22)20-14-13-17-7-4-5-8-18(17)15-20/h4-5,7-12H,2-3,6,13-15H2,1H3. The molecule has 0 saturated heterocycles. The predicted octanol–water partition coefficient (Wildman–Crippen LogP) is 3.78. The lowest BCUT2D eigenvalue weighted by atomic mass is 10.0. The van der Waals surface area contributed by atoms with Crippen LogP contribution in [0.2, 0.25) is 0 Å². The fourth-order valence-electron chi connectivity index (χ4n) is 3.03. The van der Waals surface area contributed by atoms with Crippen LogP contribution in [0.5, 0.6) is 0 Å². The van der Waals surface area contributed by atoms with Crippen LogP contribution in [0.3, 0.4) is 0 Å². The van der Waals surface area contributed by atoms with Gasteiger partial charge < -0.3 is 0 Å². The molecule has 0 amide bonds. The highest BCUT2D eigenvalue weighted by atomic mass is 32.2. The molecule has 122 valence electrons. The molecule has 3 nitrogen and oxygen atoms in total.